The highest BCUT2D eigenvalue weighted by molar-refractivity contribution is 6.30. The summed E-state index contributed by atoms with van der Waals surface area (Å²) in [5.74, 6) is -5.21. The van der Waals surface area contributed by atoms with Gasteiger partial charge in [-0.3, -0.25) is 4.79 Å². The summed E-state index contributed by atoms with van der Waals surface area (Å²) in [5.41, 5.74) is 6.98. The molecule has 0 bridgehead atoms. The second-order valence-electron chi connectivity index (χ2n) is 8.74. The number of nitrogen functional groups attached to an aromatic ring is 1. The summed E-state index contributed by atoms with van der Waals surface area (Å²) in [6.45, 7) is -0.424. The standard InChI is InChI=1S/C25H24ClF3N4O3/c26-16-3-1-2-13(8-16)20(12-34)33-24(36)17-5-4-15(9-18(17)27)22-23(30)31-11-19(32-22)14-6-7-25(28,29)21(35)10-14/h1-5,8-9,11,14,20-21,34-35H,6-7,10,12H2,(H2,30,31)(H,33,36)/t14-,20-,21+/m1/s1. The summed E-state index contributed by atoms with van der Waals surface area (Å²) < 4.78 is 42.3. The van der Waals surface area contributed by atoms with Gasteiger partial charge in [0.05, 0.1) is 30.1 Å². The zero-order valence-electron chi connectivity index (χ0n) is 19.0. The first kappa shape index (κ1) is 25.9. The molecule has 0 spiro atoms. The Kier molecular flexibility index (Phi) is 7.49. The average molecular weight is 521 g/mol. The average Bonchev–Trinajstić information content (AvgIpc) is 2.84. The first-order valence-electron chi connectivity index (χ1n) is 11.2. The van der Waals surface area contributed by atoms with E-state index in [1.807, 2.05) is 0 Å². The number of nitrogens with two attached hydrogens (primary N) is 1. The molecule has 1 amide bonds. The highest BCUT2D eigenvalue weighted by Gasteiger charge is 2.44. The number of rotatable bonds is 6. The van der Waals surface area contributed by atoms with Crippen LogP contribution in [0.3, 0.4) is 0 Å². The first-order chi connectivity index (χ1) is 17.1. The fourth-order valence-electron chi connectivity index (χ4n) is 4.22. The van der Waals surface area contributed by atoms with Gasteiger partial charge in [0.15, 0.2) is 0 Å². The molecule has 11 heteroatoms. The number of amides is 1. The van der Waals surface area contributed by atoms with E-state index in [0.717, 1.165) is 6.07 Å². The maximum Gasteiger partial charge on any atom is 0.273 e. The van der Waals surface area contributed by atoms with Crippen LogP contribution >= 0.6 is 11.6 Å². The number of benzene rings is 2. The monoisotopic (exact) mass is 520 g/mol. The van der Waals surface area contributed by atoms with E-state index in [4.69, 9.17) is 17.3 Å². The fourth-order valence-corrected chi connectivity index (χ4v) is 4.42. The second-order valence-corrected chi connectivity index (χ2v) is 9.17. The molecule has 190 valence electrons. The zero-order valence-corrected chi connectivity index (χ0v) is 19.7. The van der Waals surface area contributed by atoms with Gasteiger partial charge in [-0.05, 0) is 42.7 Å². The Bertz CT molecular complexity index is 1280. The van der Waals surface area contributed by atoms with Gasteiger partial charge >= 0.3 is 0 Å². The van der Waals surface area contributed by atoms with Crippen LogP contribution in [0, 0.1) is 5.82 Å². The lowest BCUT2D eigenvalue weighted by atomic mass is 9.83. The molecule has 1 aliphatic carbocycles. The molecule has 3 atom stereocenters. The van der Waals surface area contributed by atoms with E-state index >= 15 is 0 Å². The predicted molar refractivity (Wildman–Crippen MR) is 128 cm³/mol. The van der Waals surface area contributed by atoms with Crippen molar-refractivity contribution in [3.05, 3.63) is 76.3 Å². The molecule has 1 saturated carbocycles. The minimum Gasteiger partial charge on any atom is -0.394 e. The SMILES string of the molecule is Nc1ncc([C@@H]2CCC(F)(F)[C@@H](O)C2)nc1-c1ccc(C(=O)N[C@H](CO)c2cccc(Cl)c2)c(F)c1. The van der Waals surface area contributed by atoms with Crippen molar-refractivity contribution in [2.45, 2.75) is 43.2 Å². The van der Waals surface area contributed by atoms with E-state index in [1.165, 1.54) is 18.3 Å². The number of aliphatic hydroxyl groups excluding tert-OH is 2. The number of carbonyl (C=O) groups excluding carboxylic acids is 1. The van der Waals surface area contributed by atoms with Gasteiger partial charge in [0.25, 0.3) is 11.8 Å². The van der Waals surface area contributed by atoms with Gasteiger partial charge in [0.1, 0.15) is 23.4 Å². The molecule has 2 aromatic carbocycles. The first-order valence-corrected chi connectivity index (χ1v) is 11.6. The van der Waals surface area contributed by atoms with E-state index in [-0.39, 0.29) is 35.5 Å². The summed E-state index contributed by atoms with van der Waals surface area (Å²) in [6, 6.07) is 9.55. The number of hydrogen-bond donors (Lipinski definition) is 4. The van der Waals surface area contributed by atoms with Crippen molar-refractivity contribution in [1.29, 1.82) is 0 Å². The molecule has 1 aliphatic rings. The Morgan fingerprint density at radius 3 is 2.72 bits per heavy atom. The number of anilines is 1. The molecule has 0 radical (unpaired) electrons. The Labute approximate surface area is 210 Å². The summed E-state index contributed by atoms with van der Waals surface area (Å²) >= 11 is 5.97. The lowest BCUT2D eigenvalue weighted by molar-refractivity contribution is -0.135. The Morgan fingerprint density at radius 1 is 1.28 bits per heavy atom. The van der Waals surface area contributed by atoms with Crippen molar-refractivity contribution in [2.75, 3.05) is 12.3 Å². The van der Waals surface area contributed by atoms with E-state index in [1.54, 1.807) is 24.3 Å². The van der Waals surface area contributed by atoms with Crippen LogP contribution in [0.2, 0.25) is 5.02 Å². The van der Waals surface area contributed by atoms with Crippen molar-refractivity contribution in [2.24, 2.45) is 0 Å². The molecule has 1 heterocycles. The summed E-state index contributed by atoms with van der Waals surface area (Å²) in [6.07, 6.45) is -0.986. The lowest BCUT2D eigenvalue weighted by Gasteiger charge is -2.32. The minimum absolute atomic E-state index is 0.00154. The predicted octanol–water partition coefficient (Wildman–Crippen LogP) is 4.25. The fraction of sp³-hybridized carbons (Fsp3) is 0.320. The molecule has 7 nitrogen and oxygen atoms in total. The van der Waals surface area contributed by atoms with Crippen LogP contribution in [-0.2, 0) is 0 Å². The number of nitrogens with one attached hydrogen (secondary N) is 1. The Balaban J connectivity index is 1.55. The number of halogens is 4. The van der Waals surface area contributed by atoms with Gasteiger partial charge in [-0.25, -0.2) is 23.1 Å². The molecule has 0 aliphatic heterocycles. The smallest absolute Gasteiger partial charge is 0.273 e. The summed E-state index contributed by atoms with van der Waals surface area (Å²) in [4.78, 5) is 21.2. The van der Waals surface area contributed by atoms with Crippen LogP contribution in [0.5, 0.6) is 0 Å². The number of nitrogens with zero attached hydrogens (tertiary/aromatic N) is 2. The van der Waals surface area contributed by atoms with Gasteiger partial charge in [-0.15, -0.1) is 0 Å². The van der Waals surface area contributed by atoms with Gasteiger partial charge < -0.3 is 21.3 Å². The molecule has 0 unspecified atom stereocenters. The molecule has 3 aromatic rings. The van der Waals surface area contributed by atoms with Crippen LogP contribution < -0.4 is 11.1 Å². The van der Waals surface area contributed by atoms with Crippen LogP contribution in [0.4, 0.5) is 19.0 Å². The van der Waals surface area contributed by atoms with Gasteiger partial charge in [-0.1, -0.05) is 29.8 Å². The van der Waals surface area contributed by atoms with E-state index < -0.39 is 48.7 Å². The number of aliphatic hydroxyl groups is 2. The van der Waals surface area contributed by atoms with Crippen molar-refractivity contribution in [1.82, 2.24) is 15.3 Å². The van der Waals surface area contributed by atoms with Crippen LogP contribution in [-0.4, -0.2) is 44.7 Å². The van der Waals surface area contributed by atoms with Gasteiger partial charge in [-0.2, -0.15) is 0 Å². The van der Waals surface area contributed by atoms with Crippen LogP contribution in [0.25, 0.3) is 11.3 Å². The van der Waals surface area contributed by atoms with Crippen molar-refractivity contribution < 1.29 is 28.2 Å². The molecule has 0 saturated heterocycles. The molecule has 4 rings (SSSR count). The van der Waals surface area contributed by atoms with Gasteiger partial charge in [0.2, 0.25) is 0 Å². The third kappa shape index (κ3) is 5.45. The number of carbonyl (C=O) groups is 1. The molecular weight excluding hydrogens is 497 g/mol. The highest BCUT2D eigenvalue weighted by Crippen LogP contribution is 2.41. The highest BCUT2D eigenvalue weighted by atomic mass is 35.5. The third-order valence-corrected chi connectivity index (χ3v) is 6.52. The van der Waals surface area contributed by atoms with Crippen molar-refractivity contribution in [3.8, 4) is 11.3 Å². The van der Waals surface area contributed by atoms with E-state index in [2.05, 4.69) is 15.3 Å². The summed E-state index contributed by atoms with van der Waals surface area (Å²) in [7, 11) is 0. The van der Waals surface area contributed by atoms with Crippen LogP contribution in [0.15, 0.2) is 48.7 Å². The zero-order chi connectivity index (χ0) is 26.0. The largest absolute Gasteiger partial charge is 0.394 e. The maximum absolute atomic E-state index is 15.0. The van der Waals surface area contributed by atoms with E-state index in [0.29, 0.717) is 16.3 Å². The maximum atomic E-state index is 15.0. The van der Waals surface area contributed by atoms with Crippen molar-refractivity contribution >= 4 is 23.3 Å². The normalized spacial score (nSPS) is 20.1. The Hall–Kier alpha value is -3.21. The molecule has 36 heavy (non-hydrogen) atoms. The Morgan fingerprint density at radius 2 is 2.06 bits per heavy atom. The number of aromatic nitrogens is 2. The molecule has 5 N–H and O–H groups in total. The minimum atomic E-state index is -3.15. The lowest BCUT2D eigenvalue weighted by Crippen LogP contribution is -2.39. The molecule has 1 aromatic heterocycles. The van der Waals surface area contributed by atoms with E-state index in [9.17, 15) is 28.2 Å². The van der Waals surface area contributed by atoms with Crippen molar-refractivity contribution in [3.63, 3.8) is 0 Å². The topological polar surface area (TPSA) is 121 Å². The molecule has 1 fully saturated rings. The molecular formula is C25H24ClF3N4O3. The second kappa shape index (κ2) is 10.4. The number of hydrogen-bond acceptors (Lipinski definition) is 6. The quantitative estimate of drug-likeness (QED) is 0.385. The number of alkyl halides is 2. The van der Waals surface area contributed by atoms with Crippen LogP contribution in [0.1, 0.15) is 52.8 Å². The van der Waals surface area contributed by atoms with Gasteiger partial charge in [0, 0.05) is 22.9 Å². The third-order valence-electron chi connectivity index (χ3n) is 6.29. The summed E-state index contributed by atoms with van der Waals surface area (Å²) in [5, 5.41) is 22.5.